The number of aliphatic carboxylic acids is 1. The zero-order valence-corrected chi connectivity index (χ0v) is 26.1. The van der Waals surface area contributed by atoms with Crippen LogP contribution in [0.5, 0.6) is 0 Å². The van der Waals surface area contributed by atoms with Gasteiger partial charge < -0.3 is 25.9 Å². The predicted molar refractivity (Wildman–Crippen MR) is 164 cm³/mol. The number of anilines is 1. The summed E-state index contributed by atoms with van der Waals surface area (Å²) in [5.74, 6) is -2.86. The van der Waals surface area contributed by atoms with Crippen molar-refractivity contribution in [2.24, 2.45) is 12.2 Å². The quantitative estimate of drug-likeness (QED) is 0.0610. The first kappa shape index (κ1) is 29.4. The van der Waals surface area contributed by atoms with Gasteiger partial charge in [-0.25, -0.2) is 9.78 Å². The Hall–Kier alpha value is -3.68. The molecular formula is C24H33N9O7S3. The van der Waals surface area contributed by atoms with E-state index in [-0.39, 0.29) is 33.2 Å². The standard InChI is InChI=1S/C18H18N8O7S3.C6H15N/c1-25-18(22-12(28)13(29)23-25)36-4-6-3-34-15-9(14(30)26(15)10(6)16(31)32)21-11(27)8(24-33-2)7-5-35-17(19)20-7;1-4-7(5-2)6-3/h5,9,15H,3-4H2,1-2H3,(H2,19,20)(H,21,27)(H,23,29)(H,31,32);4-6H2,1-3H3/b24-8-;/t9-,15-;/m1./s1/i2+1D3,17+1;. The number of fused-ring (bicyclic) bond motifs is 1. The van der Waals surface area contributed by atoms with E-state index >= 15 is 0 Å². The fourth-order valence-corrected chi connectivity index (χ4v) is 7.01. The molecule has 0 spiro atoms. The minimum atomic E-state index is -2.96. The monoisotopic (exact) mass is 660 g/mol. The Morgan fingerprint density at radius 1 is 1.30 bits per heavy atom. The van der Waals surface area contributed by atoms with Gasteiger partial charge in [0, 0.05) is 23.9 Å². The van der Waals surface area contributed by atoms with Gasteiger partial charge in [0.05, 0.1) is 4.11 Å². The summed E-state index contributed by atoms with van der Waals surface area (Å²) in [6, 6.07) is -1.15. The van der Waals surface area contributed by atoms with E-state index in [0.717, 1.165) is 28.0 Å². The Bertz CT molecular complexity index is 1630. The number of carbonyl (C=O) groups excluding carboxylic acids is 2. The Balaban J connectivity index is 0.000000738. The SMILES string of the molecule is CCN(CC)CC.[2H][13C]([2H])([2H])O/N=C(\C(=O)N[C@@H]1C(=O)N2C(C(=O)O)=C(CSc3nc(=O)c(=O)[nH]n3C)CS[C@H]12)c1cs[13c](N)n1. The molecule has 234 valence electrons. The van der Waals surface area contributed by atoms with Crippen LogP contribution in [0, 0.1) is 0 Å². The van der Waals surface area contributed by atoms with Crippen LogP contribution < -0.4 is 22.2 Å². The Kier molecular flexibility index (Phi) is 10.4. The van der Waals surface area contributed by atoms with Gasteiger partial charge >= 0.3 is 17.1 Å². The van der Waals surface area contributed by atoms with Crippen LogP contribution in [0.3, 0.4) is 0 Å². The summed E-state index contributed by atoms with van der Waals surface area (Å²) in [6.45, 7) is 10.1. The zero-order chi connectivity index (χ0) is 34.3. The lowest BCUT2D eigenvalue weighted by atomic mass is 10.0. The molecule has 2 aliphatic rings. The summed E-state index contributed by atoms with van der Waals surface area (Å²) < 4.78 is 22.7. The van der Waals surface area contributed by atoms with E-state index in [1.54, 1.807) is 0 Å². The number of rotatable bonds is 11. The number of thioether (sulfide) groups is 2. The predicted octanol–water partition coefficient (Wildman–Crippen LogP) is -0.263. The molecule has 1 saturated heterocycles. The van der Waals surface area contributed by atoms with Crippen molar-refractivity contribution in [2.75, 3.05) is 43.9 Å². The number of aromatic amines is 1. The number of nitrogens with zero attached hydrogens (tertiary/aromatic N) is 6. The highest BCUT2D eigenvalue weighted by atomic mass is 32.2. The highest BCUT2D eigenvalue weighted by molar-refractivity contribution is 8.01. The number of thiazole rings is 1. The number of amides is 2. The number of carbonyl (C=O) groups is 3. The first-order chi connectivity index (χ1) is 21.6. The molecule has 0 aliphatic carbocycles. The topological polar surface area (TPSA) is 218 Å². The van der Waals surface area contributed by atoms with Crippen LogP contribution in [-0.4, -0.2) is 108 Å². The van der Waals surface area contributed by atoms with E-state index in [0.29, 0.717) is 5.57 Å². The molecule has 0 aromatic carbocycles. The number of hydrogen-bond acceptors (Lipinski definition) is 14. The highest BCUT2D eigenvalue weighted by Gasteiger charge is 2.54. The normalized spacial score (nSPS) is 19.4. The molecule has 1 fully saturated rings. The third-order valence-electron chi connectivity index (χ3n) is 6.32. The number of aromatic nitrogens is 4. The molecule has 0 saturated carbocycles. The summed E-state index contributed by atoms with van der Waals surface area (Å²) >= 11 is 3.15. The summed E-state index contributed by atoms with van der Waals surface area (Å²) in [7, 11) is -1.50. The van der Waals surface area contributed by atoms with Crippen molar-refractivity contribution in [3.05, 3.63) is 43.1 Å². The number of nitrogen functional groups attached to an aromatic ring is 1. The van der Waals surface area contributed by atoms with Crippen LogP contribution in [0.4, 0.5) is 5.13 Å². The van der Waals surface area contributed by atoms with Gasteiger partial charge in [-0.15, -0.1) is 23.1 Å². The maximum absolute atomic E-state index is 13.0. The van der Waals surface area contributed by atoms with Gasteiger partial charge in [0.25, 0.3) is 11.8 Å². The van der Waals surface area contributed by atoms with Crippen LogP contribution >= 0.6 is 34.9 Å². The second-order valence-corrected chi connectivity index (χ2v) is 11.8. The molecule has 5 N–H and O–H groups in total. The second-order valence-electron chi connectivity index (χ2n) is 8.83. The largest absolute Gasteiger partial charge is 0.477 e. The number of carboxylic acids is 1. The van der Waals surface area contributed by atoms with Crippen LogP contribution in [-0.2, 0) is 26.3 Å². The molecule has 2 aliphatic heterocycles. The molecule has 19 heteroatoms. The first-order valence-electron chi connectivity index (χ1n) is 14.3. The summed E-state index contributed by atoms with van der Waals surface area (Å²) in [4.78, 5) is 76.4. The van der Waals surface area contributed by atoms with Crippen LogP contribution in [0.1, 0.15) is 30.6 Å². The van der Waals surface area contributed by atoms with Crippen LogP contribution in [0.2, 0.25) is 0 Å². The third-order valence-corrected chi connectivity index (χ3v) is 9.45. The van der Waals surface area contributed by atoms with E-state index in [4.69, 9.17) is 9.85 Å². The average molecular weight is 661 g/mol. The molecular weight excluding hydrogens is 625 g/mol. The lowest BCUT2D eigenvalue weighted by Gasteiger charge is -2.49. The smallest absolute Gasteiger partial charge is 0.352 e. The van der Waals surface area contributed by atoms with Gasteiger partial charge in [-0.3, -0.25) is 33.9 Å². The molecule has 4 heterocycles. The van der Waals surface area contributed by atoms with Crippen molar-refractivity contribution in [1.29, 1.82) is 0 Å². The molecule has 2 atom stereocenters. The van der Waals surface area contributed by atoms with Gasteiger partial charge in [-0.2, -0.15) is 4.98 Å². The van der Waals surface area contributed by atoms with E-state index in [1.807, 2.05) is 0 Å². The molecule has 0 bridgehead atoms. The fourth-order valence-electron chi connectivity index (χ4n) is 4.06. The van der Waals surface area contributed by atoms with Crippen molar-refractivity contribution in [2.45, 2.75) is 37.3 Å². The summed E-state index contributed by atoms with van der Waals surface area (Å²) in [6.07, 6.45) is 0. The van der Waals surface area contributed by atoms with E-state index in [2.05, 4.69) is 56.0 Å². The van der Waals surface area contributed by atoms with Crippen molar-refractivity contribution < 1.29 is 28.4 Å². The first-order valence-corrected chi connectivity index (χ1v) is 15.7. The molecule has 2 aromatic rings. The summed E-state index contributed by atoms with van der Waals surface area (Å²) in [5.41, 5.74) is 3.17. The molecule has 2 aromatic heterocycles. The number of nitrogens with two attached hydrogens (primary N) is 1. The lowest BCUT2D eigenvalue weighted by Crippen LogP contribution is -2.71. The van der Waals surface area contributed by atoms with Gasteiger partial charge in [-0.1, -0.05) is 37.7 Å². The number of carboxylic acid groups (broad SMARTS) is 1. The molecule has 2 amide bonds. The van der Waals surface area contributed by atoms with Crippen LogP contribution in [0.15, 0.2) is 36.6 Å². The molecule has 4 rings (SSSR count). The maximum atomic E-state index is 13.0. The lowest BCUT2D eigenvalue weighted by molar-refractivity contribution is -0.150. The minimum absolute atomic E-state index is 0.0446. The van der Waals surface area contributed by atoms with Gasteiger partial charge in [-0.05, 0) is 25.2 Å². The van der Waals surface area contributed by atoms with Crippen molar-refractivity contribution in [3.63, 3.8) is 0 Å². The zero-order valence-electron chi connectivity index (χ0n) is 26.6. The highest BCUT2D eigenvalue weighted by Crippen LogP contribution is 2.41. The van der Waals surface area contributed by atoms with Gasteiger partial charge in [0.1, 0.15) is 29.8 Å². The molecule has 16 nitrogen and oxygen atoms in total. The molecule has 43 heavy (non-hydrogen) atoms. The number of oxime groups is 1. The second kappa shape index (κ2) is 15.2. The van der Waals surface area contributed by atoms with E-state index in [9.17, 15) is 29.1 Å². The number of hydrogen-bond donors (Lipinski definition) is 4. The van der Waals surface area contributed by atoms with Gasteiger partial charge in [0.2, 0.25) is 0 Å². The Labute approximate surface area is 262 Å². The number of aryl methyl sites for hydroxylation is 1. The van der Waals surface area contributed by atoms with Crippen molar-refractivity contribution in [1.82, 2.24) is 34.9 Å². The maximum Gasteiger partial charge on any atom is 0.352 e. The summed E-state index contributed by atoms with van der Waals surface area (Å²) in [5, 5.41) is 18.7. The molecule has 0 unspecified atom stereocenters. The third kappa shape index (κ3) is 7.84. The average Bonchev–Trinajstić information content (AvgIpc) is 3.42. The number of nitrogens with one attached hydrogen (secondary N) is 2. The van der Waals surface area contributed by atoms with E-state index in [1.165, 1.54) is 48.5 Å². The number of H-pyrrole nitrogens is 1. The van der Waals surface area contributed by atoms with E-state index < -0.39 is 53.1 Å². The molecule has 0 radical (unpaired) electrons. The van der Waals surface area contributed by atoms with Gasteiger partial charge in [0.15, 0.2) is 16.0 Å². The number of β-lactam (4-membered cyclic amide) rings is 1. The minimum Gasteiger partial charge on any atom is -0.477 e. The Morgan fingerprint density at radius 3 is 2.56 bits per heavy atom. The Morgan fingerprint density at radius 2 is 2.00 bits per heavy atom. The van der Waals surface area contributed by atoms with Crippen molar-refractivity contribution in [3.8, 4) is 0 Å². The van der Waals surface area contributed by atoms with Crippen molar-refractivity contribution >= 4 is 63.5 Å². The van der Waals surface area contributed by atoms with Crippen LogP contribution in [0.25, 0.3) is 0 Å². The fraction of sp³-hybridized carbons (Fsp3) is 0.500.